The SMILES string of the molecule is COc1ccccc1OCCS(=O)c1ncccc1N. The second-order valence-electron chi connectivity index (χ2n) is 3.95. The van der Waals surface area contributed by atoms with Crippen LogP contribution in [0.3, 0.4) is 0 Å². The van der Waals surface area contributed by atoms with Crippen LogP contribution in [0, 0.1) is 0 Å². The highest BCUT2D eigenvalue weighted by molar-refractivity contribution is 7.85. The van der Waals surface area contributed by atoms with Gasteiger partial charge in [-0.1, -0.05) is 12.1 Å². The fraction of sp³-hybridized carbons (Fsp3) is 0.214. The van der Waals surface area contributed by atoms with Gasteiger partial charge in [0.1, 0.15) is 11.6 Å². The third kappa shape index (κ3) is 3.48. The van der Waals surface area contributed by atoms with Crippen LogP contribution in [0.1, 0.15) is 0 Å². The Balaban J connectivity index is 1.93. The molecule has 1 heterocycles. The van der Waals surface area contributed by atoms with E-state index in [0.29, 0.717) is 34.6 Å². The lowest BCUT2D eigenvalue weighted by Gasteiger charge is -2.10. The molecule has 5 nitrogen and oxygen atoms in total. The number of methoxy groups -OCH3 is 1. The van der Waals surface area contributed by atoms with Crippen LogP contribution >= 0.6 is 0 Å². The predicted octanol–water partition coefficient (Wildman–Crippen LogP) is 1.86. The molecule has 0 aliphatic heterocycles. The monoisotopic (exact) mass is 292 g/mol. The van der Waals surface area contributed by atoms with Gasteiger partial charge in [-0.3, -0.25) is 4.21 Å². The smallest absolute Gasteiger partial charge is 0.161 e. The number of pyridine rings is 1. The highest BCUT2D eigenvalue weighted by atomic mass is 32.2. The van der Waals surface area contributed by atoms with Crippen molar-refractivity contribution in [2.24, 2.45) is 0 Å². The fourth-order valence-electron chi connectivity index (χ4n) is 1.66. The number of nitrogens with zero attached hydrogens (tertiary/aromatic N) is 1. The summed E-state index contributed by atoms with van der Waals surface area (Å²) in [6, 6.07) is 10.7. The van der Waals surface area contributed by atoms with Crippen molar-refractivity contribution in [3.05, 3.63) is 42.6 Å². The van der Waals surface area contributed by atoms with E-state index in [0.717, 1.165) is 0 Å². The van der Waals surface area contributed by atoms with E-state index in [1.807, 2.05) is 18.2 Å². The van der Waals surface area contributed by atoms with E-state index in [1.165, 1.54) is 0 Å². The molecule has 0 fully saturated rings. The van der Waals surface area contributed by atoms with Crippen LogP contribution in [0.25, 0.3) is 0 Å². The van der Waals surface area contributed by atoms with Gasteiger partial charge in [0.2, 0.25) is 0 Å². The summed E-state index contributed by atoms with van der Waals surface area (Å²) >= 11 is 0. The van der Waals surface area contributed by atoms with E-state index in [9.17, 15) is 4.21 Å². The average Bonchev–Trinajstić information content (AvgIpc) is 2.48. The quantitative estimate of drug-likeness (QED) is 0.879. The van der Waals surface area contributed by atoms with Gasteiger partial charge in [0.25, 0.3) is 0 Å². The highest BCUT2D eigenvalue weighted by Gasteiger charge is 2.10. The summed E-state index contributed by atoms with van der Waals surface area (Å²) in [6.07, 6.45) is 1.57. The molecule has 0 aliphatic carbocycles. The molecule has 1 aromatic carbocycles. The van der Waals surface area contributed by atoms with Crippen LogP contribution < -0.4 is 15.2 Å². The van der Waals surface area contributed by atoms with Gasteiger partial charge >= 0.3 is 0 Å². The van der Waals surface area contributed by atoms with Gasteiger partial charge in [0.05, 0.1) is 29.3 Å². The zero-order valence-corrected chi connectivity index (χ0v) is 11.9. The van der Waals surface area contributed by atoms with Crippen molar-refractivity contribution in [3.8, 4) is 11.5 Å². The second-order valence-corrected chi connectivity index (χ2v) is 5.43. The largest absolute Gasteiger partial charge is 0.493 e. The van der Waals surface area contributed by atoms with Gasteiger partial charge in [-0.15, -0.1) is 0 Å². The first-order valence-electron chi connectivity index (χ1n) is 6.07. The molecule has 0 saturated heterocycles. The van der Waals surface area contributed by atoms with E-state index < -0.39 is 10.8 Å². The molecular weight excluding hydrogens is 276 g/mol. The maximum absolute atomic E-state index is 12.1. The van der Waals surface area contributed by atoms with Crippen molar-refractivity contribution in [3.63, 3.8) is 0 Å². The highest BCUT2D eigenvalue weighted by Crippen LogP contribution is 2.25. The Labute approximate surface area is 120 Å². The number of nitrogens with two attached hydrogens (primary N) is 1. The summed E-state index contributed by atoms with van der Waals surface area (Å²) < 4.78 is 22.8. The zero-order chi connectivity index (χ0) is 14.4. The van der Waals surface area contributed by atoms with Crippen molar-refractivity contribution in [1.29, 1.82) is 0 Å². The summed E-state index contributed by atoms with van der Waals surface area (Å²) in [6.45, 7) is 0.295. The molecule has 0 spiro atoms. The topological polar surface area (TPSA) is 74.4 Å². The number of benzene rings is 1. The predicted molar refractivity (Wildman–Crippen MR) is 78.4 cm³/mol. The van der Waals surface area contributed by atoms with Crippen LogP contribution in [0.2, 0.25) is 0 Å². The van der Waals surface area contributed by atoms with Crippen LogP contribution in [-0.2, 0) is 10.8 Å². The molecule has 0 bridgehead atoms. The summed E-state index contributed by atoms with van der Waals surface area (Å²) in [5.74, 6) is 1.59. The maximum Gasteiger partial charge on any atom is 0.161 e. The number of hydrogen-bond donors (Lipinski definition) is 1. The number of anilines is 1. The minimum Gasteiger partial charge on any atom is -0.493 e. The van der Waals surface area contributed by atoms with Gasteiger partial charge in [0, 0.05) is 6.20 Å². The summed E-state index contributed by atoms with van der Waals surface area (Å²) in [4.78, 5) is 4.03. The van der Waals surface area contributed by atoms with Crippen LogP contribution in [-0.4, -0.2) is 28.7 Å². The van der Waals surface area contributed by atoms with E-state index in [4.69, 9.17) is 15.2 Å². The summed E-state index contributed by atoms with van der Waals surface area (Å²) in [7, 11) is 0.299. The molecule has 2 aromatic rings. The molecular formula is C14H16N2O3S. The molecule has 1 aromatic heterocycles. The normalized spacial score (nSPS) is 11.8. The zero-order valence-electron chi connectivity index (χ0n) is 11.1. The molecule has 1 unspecified atom stereocenters. The minimum atomic E-state index is -1.28. The molecule has 2 rings (SSSR count). The second kappa shape index (κ2) is 6.91. The Hall–Kier alpha value is -2.08. The number of rotatable bonds is 6. The van der Waals surface area contributed by atoms with Gasteiger partial charge in [0.15, 0.2) is 11.5 Å². The molecule has 6 heteroatoms. The Morgan fingerprint density at radius 1 is 1.20 bits per heavy atom. The molecule has 20 heavy (non-hydrogen) atoms. The van der Waals surface area contributed by atoms with Gasteiger partial charge in [-0.25, -0.2) is 4.98 Å². The van der Waals surface area contributed by atoms with Gasteiger partial charge in [-0.2, -0.15) is 0 Å². The van der Waals surface area contributed by atoms with E-state index in [1.54, 1.807) is 31.5 Å². The summed E-state index contributed by atoms with van der Waals surface area (Å²) in [5.41, 5.74) is 6.17. The number of aromatic nitrogens is 1. The fourth-order valence-corrected chi connectivity index (χ4v) is 2.59. The molecule has 0 radical (unpaired) electrons. The Bertz CT molecular complexity index is 604. The molecule has 0 saturated carbocycles. The first kappa shape index (κ1) is 14.3. The van der Waals surface area contributed by atoms with Crippen molar-refractivity contribution in [1.82, 2.24) is 4.98 Å². The number of hydrogen-bond acceptors (Lipinski definition) is 5. The first-order valence-corrected chi connectivity index (χ1v) is 7.39. The maximum atomic E-state index is 12.1. The Morgan fingerprint density at radius 2 is 1.95 bits per heavy atom. The van der Waals surface area contributed by atoms with E-state index in [-0.39, 0.29) is 0 Å². The molecule has 0 amide bonds. The number of nitrogen functional groups attached to an aromatic ring is 1. The van der Waals surface area contributed by atoms with Crippen molar-refractivity contribution < 1.29 is 13.7 Å². The molecule has 2 N–H and O–H groups in total. The average molecular weight is 292 g/mol. The molecule has 0 aliphatic rings. The number of para-hydroxylation sites is 2. The Kier molecular flexibility index (Phi) is 4.95. The minimum absolute atomic E-state index is 0.295. The molecule has 1 atom stereocenters. The lowest BCUT2D eigenvalue weighted by molar-refractivity contribution is 0.312. The third-order valence-corrected chi connectivity index (χ3v) is 3.92. The third-order valence-electron chi connectivity index (χ3n) is 2.61. The lowest BCUT2D eigenvalue weighted by atomic mass is 10.3. The van der Waals surface area contributed by atoms with Crippen LogP contribution in [0.15, 0.2) is 47.6 Å². The van der Waals surface area contributed by atoms with Gasteiger partial charge in [-0.05, 0) is 24.3 Å². The van der Waals surface area contributed by atoms with E-state index in [2.05, 4.69) is 4.98 Å². The summed E-state index contributed by atoms with van der Waals surface area (Å²) in [5, 5.41) is 0.399. The van der Waals surface area contributed by atoms with Crippen molar-refractivity contribution in [2.45, 2.75) is 5.03 Å². The van der Waals surface area contributed by atoms with E-state index >= 15 is 0 Å². The van der Waals surface area contributed by atoms with Gasteiger partial charge < -0.3 is 15.2 Å². The lowest BCUT2D eigenvalue weighted by Crippen LogP contribution is -2.11. The van der Waals surface area contributed by atoms with Crippen LogP contribution in [0.4, 0.5) is 5.69 Å². The number of ether oxygens (including phenoxy) is 2. The molecule has 106 valence electrons. The first-order chi connectivity index (χ1) is 9.72. The van der Waals surface area contributed by atoms with Crippen molar-refractivity contribution >= 4 is 16.5 Å². The standard InChI is InChI=1S/C14H16N2O3S/c1-18-12-6-2-3-7-13(12)19-9-10-20(17)14-11(15)5-4-8-16-14/h2-8H,9-10,15H2,1H3. The van der Waals surface area contributed by atoms with Crippen molar-refractivity contribution in [2.75, 3.05) is 25.2 Å². The Morgan fingerprint density at radius 3 is 2.65 bits per heavy atom. The van der Waals surface area contributed by atoms with Crippen LogP contribution in [0.5, 0.6) is 11.5 Å².